The van der Waals surface area contributed by atoms with Gasteiger partial charge < -0.3 is 16.0 Å². The Hall–Kier alpha value is -1.47. The zero-order valence-corrected chi connectivity index (χ0v) is 12.1. The molecule has 1 amide bonds. The van der Waals surface area contributed by atoms with Gasteiger partial charge in [0, 0.05) is 19.6 Å². The summed E-state index contributed by atoms with van der Waals surface area (Å²) in [5.74, 6) is 0.664. The third-order valence-electron chi connectivity index (χ3n) is 3.72. The average molecular weight is 280 g/mol. The first-order valence-corrected chi connectivity index (χ1v) is 7.30. The maximum atomic E-state index is 11.9. The molecule has 0 saturated carbocycles. The van der Waals surface area contributed by atoms with Gasteiger partial charge in [0.15, 0.2) is 5.69 Å². The van der Waals surface area contributed by atoms with Crippen LogP contribution in [0.5, 0.6) is 0 Å². The van der Waals surface area contributed by atoms with Crippen LogP contribution in [0.3, 0.4) is 0 Å². The first kappa shape index (κ1) is 14.9. The van der Waals surface area contributed by atoms with Crippen molar-refractivity contribution < 1.29 is 4.79 Å². The molecule has 0 unspecified atom stereocenters. The molecule has 0 aliphatic carbocycles. The number of nitrogens with one attached hydrogen (secondary N) is 1. The Balaban J connectivity index is 1.69. The van der Waals surface area contributed by atoms with Gasteiger partial charge in [0.1, 0.15) is 0 Å². The minimum Gasteiger partial charge on any atom is -0.349 e. The second-order valence-electron chi connectivity index (χ2n) is 5.44. The number of nitrogens with zero attached hydrogens (tertiary/aromatic N) is 4. The fraction of sp³-hybridized carbons (Fsp3) is 0.769. The number of hydrogen-bond donors (Lipinski definition) is 2. The molecule has 1 aliphatic heterocycles. The third-order valence-corrected chi connectivity index (χ3v) is 3.72. The molecule has 0 aromatic carbocycles. The summed E-state index contributed by atoms with van der Waals surface area (Å²) < 4.78 is 1.58. The molecule has 1 aliphatic rings. The van der Waals surface area contributed by atoms with Crippen molar-refractivity contribution in [3.05, 3.63) is 11.9 Å². The van der Waals surface area contributed by atoms with Crippen LogP contribution in [-0.2, 0) is 6.54 Å². The molecule has 1 aromatic heterocycles. The van der Waals surface area contributed by atoms with Crippen LogP contribution in [0.1, 0.15) is 30.3 Å². The van der Waals surface area contributed by atoms with Crippen LogP contribution in [0.15, 0.2) is 6.20 Å². The lowest BCUT2D eigenvalue weighted by atomic mass is 9.99. The molecule has 1 saturated heterocycles. The van der Waals surface area contributed by atoms with E-state index in [0.29, 0.717) is 25.3 Å². The van der Waals surface area contributed by atoms with E-state index < -0.39 is 0 Å². The first-order valence-electron chi connectivity index (χ1n) is 7.30. The summed E-state index contributed by atoms with van der Waals surface area (Å²) in [6.45, 7) is 7.16. The molecule has 1 aromatic rings. The van der Waals surface area contributed by atoms with Crippen LogP contribution in [-0.4, -0.2) is 58.5 Å². The lowest BCUT2D eigenvalue weighted by Crippen LogP contribution is -2.39. The number of hydrogen-bond acceptors (Lipinski definition) is 5. The minimum atomic E-state index is -0.168. The normalized spacial score (nSPS) is 17.3. The van der Waals surface area contributed by atoms with E-state index >= 15 is 0 Å². The van der Waals surface area contributed by atoms with Crippen LogP contribution in [0, 0.1) is 5.92 Å². The lowest BCUT2D eigenvalue weighted by Gasteiger charge is -2.30. The van der Waals surface area contributed by atoms with E-state index in [9.17, 15) is 4.79 Å². The molecule has 20 heavy (non-hydrogen) atoms. The number of carbonyl (C=O) groups is 1. The smallest absolute Gasteiger partial charge is 0.273 e. The highest BCUT2D eigenvalue weighted by Crippen LogP contribution is 2.15. The molecule has 2 heterocycles. The summed E-state index contributed by atoms with van der Waals surface area (Å²) in [4.78, 5) is 14.3. The third kappa shape index (κ3) is 4.28. The van der Waals surface area contributed by atoms with E-state index in [0.717, 1.165) is 25.6 Å². The lowest BCUT2D eigenvalue weighted by molar-refractivity contribution is 0.0939. The van der Waals surface area contributed by atoms with Crippen LogP contribution in [0.2, 0.25) is 0 Å². The summed E-state index contributed by atoms with van der Waals surface area (Å²) in [7, 11) is 0. The van der Waals surface area contributed by atoms with Crippen molar-refractivity contribution in [2.24, 2.45) is 11.7 Å². The Kier molecular flexibility index (Phi) is 5.49. The number of amides is 1. The number of likely N-dealkylation sites (tertiary alicyclic amines) is 1. The zero-order chi connectivity index (χ0) is 14.4. The Morgan fingerprint density at radius 3 is 2.90 bits per heavy atom. The molecule has 1 fully saturated rings. The van der Waals surface area contributed by atoms with E-state index in [4.69, 9.17) is 5.73 Å². The van der Waals surface area contributed by atoms with E-state index in [1.807, 2.05) is 0 Å². The van der Waals surface area contributed by atoms with E-state index in [1.165, 1.54) is 12.8 Å². The van der Waals surface area contributed by atoms with E-state index in [2.05, 4.69) is 27.5 Å². The van der Waals surface area contributed by atoms with Gasteiger partial charge in [-0.1, -0.05) is 12.1 Å². The first-order chi connectivity index (χ1) is 9.69. The molecule has 0 spiro atoms. The van der Waals surface area contributed by atoms with Gasteiger partial charge in [-0.05, 0) is 31.8 Å². The van der Waals surface area contributed by atoms with Crippen LogP contribution < -0.4 is 11.1 Å². The SMILES string of the molecule is CC1CCN(CCNC(=O)c2cn(CCN)nn2)CC1. The number of carbonyl (C=O) groups excluding carboxylic acids is 1. The van der Waals surface area contributed by atoms with Gasteiger partial charge in [0.25, 0.3) is 5.91 Å². The topological polar surface area (TPSA) is 89.1 Å². The zero-order valence-electron chi connectivity index (χ0n) is 12.1. The number of rotatable bonds is 6. The van der Waals surface area contributed by atoms with Crippen molar-refractivity contribution in [2.45, 2.75) is 26.3 Å². The predicted molar refractivity (Wildman–Crippen MR) is 76.2 cm³/mol. The minimum absolute atomic E-state index is 0.168. The van der Waals surface area contributed by atoms with Gasteiger partial charge in [-0.15, -0.1) is 5.10 Å². The van der Waals surface area contributed by atoms with Crippen molar-refractivity contribution in [2.75, 3.05) is 32.7 Å². The fourth-order valence-electron chi connectivity index (χ4n) is 2.35. The molecule has 112 valence electrons. The van der Waals surface area contributed by atoms with Crippen LogP contribution in [0.4, 0.5) is 0 Å². The van der Waals surface area contributed by atoms with Gasteiger partial charge in [-0.25, -0.2) is 0 Å². The van der Waals surface area contributed by atoms with Gasteiger partial charge >= 0.3 is 0 Å². The van der Waals surface area contributed by atoms with Crippen molar-refractivity contribution >= 4 is 5.91 Å². The van der Waals surface area contributed by atoms with Gasteiger partial charge in [0.05, 0.1) is 12.7 Å². The van der Waals surface area contributed by atoms with Crippen molar-refractivity contribution in [3.63, 3.8) is 0 Å². The maximum absolute atomic E-state index is 11.9. The quantitative estimate of drug-likeness (QED) is 0.747. The van der Waals surface area contributed by atoms with Crippen LogP contribution in [0.25, 0.3) is 0 Å². The Labute approximate surface area is 119 Å². The Morgan fingerprint density at radius 2 is 2.20 bits per heavy atom. The Bertz CT molecular complexity index is 424. The largest absolute Gasteiger partial charge is 0.349 e. The highest BCUT2D eigenvalue weighted by molar-refractivity contribution is 5.91. The molecule has 7 heteroatoms. The molecular formula is C13H24N6O. The number of piperidine rings is 1. The number of aromatic nitrogens is 3. The summed E-state index contributed by atoms with van der Waals surface area (Å²) >= 11 is 0. The van der Waals surface area contributed by atoms with Crippen molar-refractivity contribution in [1.29, 1.82) is 0 Å². The van der Waals surface area contributed by atoms with E-state index in [-0.39, 0.29) is 5.91 Å². The second kappa shape index (κ2) is 7.35. The van der Waals surface area contributed by atoms with E-state index in [1.54, 1.807) is 10.9 Å². The van der Waals surface area contributed by atoms with Gasteiger partial charge in [-0.3, -0.25) is 9.48 Å². The predicted octanol–water partition coefficient (Wildman–Crippen LogP) is -0.301. The summed E-state index contributed by atoms with van der Waals surface area (Å²) in [5, 5.41) is 10.6. The fourth-order valence-corrected chi connectivity index (χ4v) is 2.35. The maximum Gasteiger partial charge on any atom is 0.273 e. The molecule has 0 atom stereocenters. The van der Waals surface area contributed by atoms with Gasteiger partial charge in [0.2, 0.25) is 0 Å². The molecule has 0 bridgehead atoms. The summed E-state index contributed by atoms with van der Waals surface area (Å²) in [6, 6.07) is 0. The molecule has 0 radical (unpaired) electrons. The Morgan fingerprint density at radius 1 is 1.45 bits per heavy atom. The summed E-state index contributed by atoms with van der Waals surface area (Å²) in [6.07, 6.45) is 4.13. The average Bonchev–Trinajstić information content (AvgIpc) is 2.90. The summed E-state index contributed by atoms with van der Waals surface area (Å²) in [5.41, 5.74) is 5.78. The van der Waals surface area contributed by atoms with Crippen molar-refractivity contribution in [1.82, 2.24) is 25.2 Å². The van der Waals surface area contributed by atoms with Crippen LogP contribution >= 0.6 is 0 Å². The van der Waals surface area contributed by atoms with Crippen molar-refractivity contribution in [3.8, 4) is 0 Å². The second-order valence-corrected chi connectivity index (χ2v) is 5.44. The molecule has 2 rings (SSSR count). The monoisotopic (exact) mass is 280 g/mol. The van der Waals surface area contributed by atoms with Gasteiger partial charge in [-0.2, -0.15) is 0 Å². The molecular weight excluding hydrogens is 256 g/mol. The highest BCUT2D eigenvalue weighted by atomic mass is 16.2. The number of nitrogens with two attached hydrogens (primary N) is 1. The molecule has 3 N–H and O–H groups in total. The molecule has 7 nitrogen and oxygen atoms in total. The highest BCUT2D eigenvalue weighted by Gasteiger charge is 2.16. The standard InChI is InChI=1S/C13H24N6O/c1-11-2-6-18(7-3-11)9-5-15-13(20)12-10-19(8-4-14)17-16-12/h10-11H,2-9,14H2,1H3,(H,15,20).